The molecular formula is C23H23Cl2N7OS2. The van der Waals surface area contributed by atoms with Gasteiger partial charge in [0, 0.05) is 35.9 Å². The van der Waals surface area contributed by atoms with Gasteiger partial charge in [-0.3, -0.25) is 0 Å². The Balaban J connectivity index is 0.000000141. The molecule has 0 atom stereocenters. The SMILES string of the molecule is Clc1ncnc2sc3c(c12)CCNC3.O=C(N1CCCC1)N1CCc2c(sc3ncnc(Cl)c23)C1. The Morgan fingerprint density at radius 2 is 1.46 bits per heavy atom. The number of likely N-dealkylation sites (tertiary alicyclic amines) is 1. The monoisotopic (exact) mass is 547 g/mol. The summed E-state index contributed by atoms with van der Waals surface area (Å²) in [6.07, 6.45) is 7.14. The van der Waals surface area contributed by atoms with Crippen LogP contribution in [-0.2, 0) is 25.9 Å². The number of urea groups is 1. The molecule has 0 radical (unpaired) electrons. The van der Waals surface area contributed by atoms with Crippen LogP contribution in [0.2, 0.25) is 10.3 Å². The summed E-state index contributed by atoms with van der Waals surface area (Å²) in [6.45, 7) is 5.16. The molecule has 1 fully saturated rings. The van der Waals surface area contributed by atoms with Gasteiger partial charge in [0.2, 0.25) is 0 Å². The number of thiophene rings is 2. The Morgan fingerprint density at radius 1 is 0.829 bits per heavy atom. The lowest BCUT2D eigenvalue weighted by Gasteiger charge is -2.30. The number of rotatable bonds is 0. The van der Waals surface area contributed by atoms with Gasteiger partial charge in [0.25, 0.3) is 0 Å². The number of halogens is 2. The average Bonchev–Trinajstić information content (AvgIpc) is 3.61. The summed E-state index contributed by atoms with van der Waals surface area (Å²) < 4.78 is 0. The molecule has 1 N–H and O–H groups in total. The van der Waals surface area contributed by atoms with E-state index >= 15 is 0 Å². The number of nitrogens with zero attached hydrogens (tertiary/aromatic N) is 6. The van der Waals surface area contributed by atoms with Crippen LogP contribution < -0.4 is 5.32 Å². The maximum atomic E-state index is 12.5. The third-order valence-electron chi connectivity index (χ3n) is 6.70. The standard InChI is InChI=1S/C14H15ClN4OS.C9H8ClN3S/c15-12-11-9-3-6-19(14(20)18-4-1-2-5-18)7-10(9)21-13(11)17-8-16-12;10-8-7-5-1-2-11-3-6(5)14-9(7)13-4-12-8/h8H,1-7H2;4,11H,1-3H2. The molecule has 3 aliphatic heterocycles. The molecule has 0 aliphatic carbocycles. The van der Waals surface area contributed by atoms with Crippen LogP contribution in [-0.4, -0.2) is 61.9 Å². The second-order valence-electron chi connectivity index (χ2n) is 8.77. The fourth-order valence-electron chi connectivity index (χ4n) is 4.98. The lowest BCUT2D eigenvalue weighted by Crippen LogP contribution is -2.43. The van der Waals surface area contributed by atoms with Gasteiger partial charge in [0.1, 0.15) is 32.6 Å². The predicted molar refractivity (Wildman–Crippen MR) is 141 cm³/mol. The fraction of sp³-hybridized carbons (Fsp3) is 0.435. The molecule has 4 aromatic rings. The molecule has 4 aromatic heterocycles. The molecule has 3 aliphatic rings. The molecule has 2 amide bonds. The molecule has 0 bridgehead atoms. The first-order valence-corrected chi connectivity index (χ1v) is 14.0. The second-order valence-corrected chi connectivity index (χ2v) is 11.7. The minimum atomic E-state index is 0.174. The maximum Gasteiger partial charge on any atom is 0.320 e. The van der Waals surface area contributed by atoms with Gasteiger partial charge in [0.15, 0.2) is 0 Å². The quantitative estimate of drug-likeness (QED) is 0.315. The van der Waals surface area contributed by atoms with Gasteiger partial charge in [-0.2, -0.15) is 0 Å². The van der Waals surface area contributed by atoms with Gasteiger partial charge >= 0.3 is 6.03 Å². The van der Waals surface area contributed by atoms with E-state index in [1.165, 1.54) is 33.5 Å². The van der Waals surface area contributed by atoms with Crippen LogP contribution in [0.5, 0.6) is 0 Å². The summed E-state index contributed by atoms with van der Waals surface area (Å²) in [7, 11) is 0. The van der Waals surface area contributed by atoms with Crippen molar-refractivity contribution in [2.45, 2.75) is 38.8 Å². The van der Waals surface area contributed by atoms with Gasteiger partial charge in [-0.15, -0.1) is 22.7 Å². The summed E-state index contributed by atoms with van der Waals surface area (Å²) in [4.78, 5) is 37.6. The number of carbonyl (C=O) groups is 1. The molecule has 182 valence electrons. The summed E-state index contributed by atoms with van der Waals surface area (Å²) in [5, 5.41) is 6.50. The van der Waals surface area contributed by atoms with Crippen molar-refractivity contribution in [3.63, 3.8) is 0 Å². The Kier molecular flexibility index (Phi) is 6.48. The molecule has 0 aromatic carbocycles. The minimum absolute atomic E-state index is 0.174. The third-order valence-corrected chi connectivity index (χ3v) is 9.54. The maximum absolute atomic E-state index is 12.5. The van der Waals surface area contributed by atoms with Gasteiger partial charge in [0.05, 0.1) is 17.3 Å². The van der Waals surface area contributed by atoms with Crippen molar-refractivity contribution in [3.05, 3.63) is 43.8 Å². The molecule has 1 saturated heterocycles. The predicted octanol–water partition coefficient (Wildman–Crippen LogP) is 4.91. The second kappa shape index (κ2) is 9.74. The van der Waals surface area contributed by atoms with Gasteiger partial charge in [-0.25, -0.2) is 24.7 Å². The Hall–Kier alpha value is -2.11. The van der Waals surface area contributed by atoms with Crippen molar-refractivity contribution < 1.29 is 4.79 Å². The van der Waals surface area contributed by atoms with Gasteiger partial charge in [-0.1, -0.05) is 23.2 Å². The van der Waals surface area contributed by atoms with Crippen LogP contribution in [0.1, 0.15) is 33.7 Å². The number of aromatic nitrogens is 4. The summed E-state index contributed by atoms with van der Waals surface area (Å²) in [6, 6.07) is 0.174. The van der Waals surface area contributed by atoms with E-state index in [0.29, 0.717) is 16.9 Å². The van der Waals surface area contributed by atoms with E-state index in [2.05, 4.69) is 25.3 Å². The number of nitrogens with one attached hydrogen (secondary N) is 1. The normalized spacial score (nSPS) is 17.3. The lowest BCUT2D eigenvalue weighted by molar-refractivity contribution is 0.158. The van der Waals surface area contributed by atoms with Crippen LogP contribution in [0.15, 0.2) is 12.7 Å². The third kappa shape index (κ3) is 4.35. The molecule has 8 nitrogen and oxygen atoms in total. The van der Waals surface area contributed by atoms with Crippen molar-refractivity contribution in [2.75, 3.05) is 26.2 Å². The summed E-state index contributed by atoms with van der Waals surface area (Å²) in [5.74, 6) is 0. The van der Waals surface area contributed by atoms with E-state index in [4.69, 9.17) is 23.2 Å². The van der Waals surface area contributed by atoms with E-state index in [1.807, 2.05) is 9.80 Å². The zero-order valence-electron chi connectivity index (χ0n) is 18.9. The average molecular weight is 549 g/mol. The lowest BCUT2D eigenvalue weighted by atomic mass is 10.1. The molecule has 7 heterocycles. The van der Waals surface area contributed by atoms with Gasteiger partial charge < -0.3 is 15.1 Å². The molecule has 7 rings (SSSR count). The van der Waals surface area contributed by atoms with Crippen LogP contribution in [0.3, 0.4) is 0 Å². The Morgan fingerprint density at radius 3 is 2.14 bits per heavy atom. The first-order chi connectivity index (χ1) is 17.1. The zero-order chi connectivity index (χ0) is 23.9. The fourth-order valence-corrected chi connectivity index (χ4v) is 7.95. The van der Waals surface area contributed by atoms with Crippen molar-refractivity contribution in [2.24, 2.45) is 0 Å². The number of carbonyl (C=O) groups excluding carboxylic acids is 1. The van der Waals surface area contributed by atoms with E-state index in [0.717, 1.165) is 78.8 Å². The number of amides is 2. The van der Waals surface area contributed by atoms with Crippen molar-refractivity contribution in [1.29, 1.82) is 0 Å². The van der Waals surface area contributed by atoms with Gasteiger partial charge in [-0.05, 0) is 43.4 Å². The topological polar surface area (TPSA) is 87.1 Å². The molecule has 12 heteroatoms. The van der Waals surface area contributed by atoms with Crippen LogP contribution >= 0.6 is 45.9 Å². The highest BCUT2D eigenvalue weighted by Gasteiger charge is 2.29. The molecule has 0 saturated carbocycles. The molecule has 0 spiro atoms. The van der Waals surface area contributed by atoms with Crippen LogP contribution in [0, 0.1) is 0 Å². The summed E-state index contributed by atoms with van der Waals surface area (Å²) >= 11 is 15.6. The Bertz CT molecular complexity index is 1420. The zero-order valence-corrected chi connectivity index (χ0v) is 22.0. The van der Waals surface area contributed by atoms with Crippen LogP contribution in [0.25, 0.3) is 20.4 Å². The first-order valence-electron chi connectivity index (χ1n) is 11.7. The largest absolute Gasteiger partial charge is 0.325 e. The Labute approximate surface area is 220 Å². The van der Waals surface area contributed by atoms with Crippen molar-refractivity contribution in [1.82, 2.24) is 35.1 Å². The van der Waals surface area contributed by atoms with E-state index in [9.17, 15) is 4.79 Å². The van der Waals surface area contributed by atoms with Crippen LogP contribution in [0.4, 0.5) is 4.79 Å². The minimum Gasteiger partial charge on any atom is -0.325 e. The molecular weight excluding hydrogens is 525 g/mol. The molecule has 0 unspecified atom stereocenters. The van der Waals surface area contributed by atoms with E-state index in [1.54, 1.807) is 22.7 Å². The van der Waals surface area contributed by atoms with Crippen molar-refractivity contribution >= 4 is 72.3 Å². The first kappa shape index (κ1) is 23.3. The highest BCUT2D eigenvalue weighted by molar-refractivity contribution is 7.19. The summed E-state index contributed by atoms with van der Waals surface area (Å²) in [5.41, 5.74) is 2.57. The smallest absolute Gasteiger partial charge is 0.320 e. The highest BCUT2D eigenvalue weighted by Crippen LogP contribution is 2.37. The number of fused-ring (bicyclic) bond motifs is 6. The van der Waals surface area contributed by atoms with E-state index in [-0.39, 0.29) is 6.03 Å². The molecule has 35 heavy (non-hydrogen) atoms. The number of hydrogen-bond donors (Lipinski definition) is 1. The highest BCUT2D eigenvalue weighted by atomic mass is 35.5. The van der Waals surface area contributed by atoms with Crippen molar-refractivity contribution in [3.8, 4) is 0 Å². The number of hydrogen-bond acceptors (Lipinski definition) is 8. The van der Waals surface area contributed by atoms with E-state index < -0.39 is 0 Å².